The highest BCUT2D eigenvalue weighted by molar-refractivity contribution is 5.88. The maximum Gasteiger partial charge on any atom is 0.252 e. The maximum absolute atomic E-state index is 13.1. The Morgan fingerprint density at radius 1 is 0.833 bits per heavy atom. The number of carbonyl (C=O) groups excluding carboxylic acids is 1. The highest BCUT2D eigenvalue weighted by atomic mass is 19.1. The zero-order chi connectivity index (χ0) is 20.8. The number of benzene rings is 3. The molecule has 0 spiro atoms. The third kappa shape index (κ3) is 4.52. The fourth-order valence-corrected chi connectivity index (χ4v) is 3.20. The summed E-state index contributed by atoms with van der Waals surface area (Å²) in [5.41, 5.74) is 5.13. The zero-order valence-corrected chi connectivity index (χ0v) is 16.0. The molecule has 1 heterocycles. The van der Waals surface area contributed by atoms with Gasteiger partial charge in [0, 0.05) is 5.56 Å². The Morgan fingerprint density at radius 3 is 2.03 bits per heavy atom. The Morgan fingerprint density at radius 2 is 1.43 bits per heavy atom. The predicted molar refractivity (Wildman–Crippen MR) is 115 cm³/mol. The van der Waals surface area contributed by atoms with E-state index in [0.717, 1.165) is 16.7 Å². The lowest BCUT2D eigenvalue weighted by Crippen LogP contribution is -2.26. The fourth-order valence-electron chi connectivity index (χ4n) is 3.20. The highest BCUT2D eigenvalue weighted by Crippen LogP contribution is 2.25. The van der Waals surface area contributed by atoms with Crippen LogP contribution < -0.4 is 5.43 Å². The van der Waals surface area contributed by atoms with Crippen molar-refractivity contribution >= 4 is 12.1 Å². The summed E-state index contributed by atoms with van der Waals surface area (Å²) in [6.45, 7) is 0. The van der Waals surface area contributed by atoms with E-state index in [-0.39, 0.29) is 11.7 Å². The first kappa shape index (κ1) is 19.3. The first-order chi connectivity index (χ1) is 14.7. The van der Waals surface area contributed by atoms with Gasteiger partial charge in [-0.2, -0.15) is 5.10 Å². The van der Waals surface area contributed by atoms with Crippen LogP contribution in [0.2, 0.25) is 0 Å². The van der Waals surface area contributed by atoms with Crippen LogP contribution in [0.1, 0.15) is 22.8 Å². The first-order valence-corrected chi connectivity index (χ1v) is 9.49. The van der Waals surface area contributed by atoms with Crippen LogP contribution in [0.15, 0.2) is 107 Å². The molecule has 4 aromatic rings. The van der Waals surface area contributed by atoms with Crippen molar-refractivity contribution in [3.05, 3.63) is 120 Å². The number of hydrogen-bond acceptors (Lipinski definition) is 3. The maximum atomic E-state index is 13.1. The molecule has 30 heavy (non-hydrogen) atoms. The number of nitrogens with zero attached hydrogens (tertiary/aromatic N) is 1. The Bertz CT molecular complexity index is 1100. The molecule has 0 aliphatic rings. The van der Waals surface area contributed by atoms with Crippen LogP contribution in [0, 0.1) is 5.82 Å². The van der Waals surface area contributed by atoms with Gasteiger partial charge < -0.3 is 4.42 Å². The summed E-state index contributed by atoms with van der Waals surface area (Å²) in [7, 11) is 0. The molecule has 1 N–H and O–H groups in total. The van der Waals surface area contributed by atoms with Gasteiger partial charge in [0.15, 0.2) is 0 Å². The van der Waals surface area contributed by atoms with E-state index in [1.54, 1.807) is 24.3 Å². The predicted octanol–water partition coefficient (Wildman–Crippen LogP) is 5.37. The van der Waals surface area contributed by atoms with Gasteiger partial charge in [-0.25, -0.2) is 9.82 Å². The number of halogens is 1. The fraction of sp³-hybridized carbons (Fsp3) is 0.0400. The lowest BCUT2D eigenvalue weighted by molar-refractivity contribution is -0.121. The summed E-state index contributed by atoms with van der Waals surface area (Å²) >= 11 is 0. The van der Waals surface area contributed by atoms with Gasteiger partial charge in [0.2, 0.25) is 0 Å². The molecule has 0 radical (unpaired) electrons. The van der Waals surface area contributed by atoms with E-state index in [4.69, 9.17) is 4.42 Å². The van der Waals surface area contributed by atoms with Crippen molar-refractivity contribution < 1.29 is 13.6 Å². The summed E-state index contributed by atoms with van der Waals surface area (Å²) in [4.78, 5) is 12.9. The van der Waals surface area contributed by atoms with E-state index in [1.807, 2.05) is 60.7 Å². The minimum absolute atomic E-state index is 0.242. The Balaban J connectivity index is 1.48. The number of hydrazone groups is 1. The van der Waals surface area contributed by atoms with Crippen molar-refractivity contribution in [2.45, 2.75) is 5.92 Å². The molecule has 1 amide bonds. The van der Waals surface area contributed by atoms with Crippen LogP contribution in [-0.2, 0) is 4.79 Å². The van der Waals surface area contributed by atoms with Crippen molar-refractivity contribution in [3.8, 4) is 11.3 Å². The Kier molecular flexibility index (Phi) is 5.80. The molecule has 148 valence electrons. The number of amides is 1. The summed E-state index contributed by atoms with van der Waals surface area (Å²) in [5, 5.41) is 4.06. The van der Waals surface area contributed by atoms with Gasteiger partial charge >= 0.3 is 0 Å². The molecule has 5 heteroatoms. The largest absolute Gasteiger partial charge is 0.455 e. The third-order valence-electron chi connectivity index (χ3n) is 4.65. The second kappa shape index (κ2) is 9.01. The van der Waals surface area contributed by atoms with Gasteiger partial charge in [0.25, 0.3) is 5.91 Å². The number of rotatable bonds is 6. The average molecular weight is 398 g/mol. The second-order valence-corrected chi connectivity index (χ2v) is 6.70. The monoisotopic (exact) mass is 398 g/mol. The van der Waals surface area contributed by atoms with E-state index in [2.05, 4.69) is 10.5 Å². The minimum Gasteiger partial charge on any atom is -0.455 e. The van der Waals surface area contributed by atoms with Gasteiger partial charge in [0.1, 0.15) is 17.3 Å². The van der Waals surface area contributed by atoms with E-state index in [1.165, 1.54) is 18.3 Å². The number of furan rings is 1. The number of carbonyl (C=O) groups is 1. The van der Waals surface area contributed by atoms with Crippen LogP contribution in [-0.4, -0.2) is 12.1 Å². The smallest absolute Gasteiger partial charge is 0.252 e. The third-order valence-corrected chi connectivity index (χ3v) is 4.65. The SMILES string of the molecule is O=C(N/N=C\c1ccc(-c2ccc(F)cc2)o1)C(c1ccccc1)c1ccccc1. The van der Waals surface area contributed by atoms with Crippen LogP contribution in [0.5, 0.6) is 0 Å². The van der Waals surface area contributed by atoms with E-state index >= 15 is 0 Å². The molecule has 0 atom stereocenters. The number of hydrogen-bond donors (Lipinski definition) is 1. The lowest BCUT2D eigenvalue weighted by atomic mass is 9.91. The molecule has 0 aliphatic heterocycles. The Hall–Kier alpha value is -3.99. The van der Waals surface area contributed by atoms with E-state index < -0.39 is 5.92 Å². The standard InChI is InChI=1S/C25H19FN2O2/c26-21-13-11-18(12-14-21)23-16-15-22(30-23)17-27-28-25(29)24(19-7-3-1-4-8-19)20-9-5-2-6-10-20/h1-17,24H,(H,28,29)/b27-17-. The van der Waals surface area contributed by atoms with E-state index in [0.29, 0.717) is 11.5 Å². The van der Waals surface area contributed by atoms with Crippen molar-refractivity contribution in [2.24, 2.45) is 5.10 Å². The van der Waals surface area contributed by atoms with Crippen molar-refractivity contribution in [2.75, 3.05) is 0 Å². The molecule has 0 bridgehead atoms. The molecule has 0 saturated carbocycles. The quantitative estimate of drug-likeness (QED) is 0.351. The van der Waals surface area contributed by atoms with E-state index in [9.17, 15) is 9.18 Å². The van der Waals surface area contributed by atoms with Gasteiger partial charge in [-0.3, -0.25) is 4.79 Å². The Labute approximate surface area is 173 Å². The van der Waals surface area contributed by atoms with Gasteiger partial charge in [-0.1, -0.05) is 60.7 Å². The summed E-state index contributed by atoms with van der Waals surface area (Å²) in [6.07, 6.45) is 1.44. The average Bonchev–Trinajstić information content (AvgIpc) is 3.25. The molecule has 0 aliphatic carbocycles. The molecule has 0 saturated heterocycles. The first-order valence-electron chi connectivity index (χ1n) is 9.49. The molecule has 1 aromatic heterocycles. The highest BCUT2D eigenvalue weighted by Gasteiger charge is 2.22. The second-order valence-electron chi connectivity index (χ2n) is 6.70. The molecule has 3 aromatic carbocycles. The van der Waals surface area contributed by atoms with Crippen molar-refractivity contribution in [1.29, 1.82) is 0 Å². The lowest BCUT2D eigenvalue weighted by Gasteiger charge is -2.16. The van der Waals surface area contributed by atoms with Crippen LogP contribution in [0.4, 0.5) is 4.39 Å². The van der Waals surface area contributed by atoms with Crippen LogP contribution in [0.3, 0.4) is 0 Å². The van der Waals surface area contributed by atoms with Gasteiger partial charge in [-0.05, 0) is 47.5 Å². The molecular formula is C25H19FN2O2. The van der Waals surface area contributed by atoms with Crippen molar-refractivity contribution in [3.63, 3.8) is 0 Å². The van der Waals surface area contributed by atoms with Gasteiger partial charge in [-0.15, -0.1) is 0 Å². The summed E-state index contributed by atoms with van der Waals surface area (Å²) in [6, 6.07) is 28.7. The van der Waals surface area contributed by atoms with Crippen LogP contribution in [0.25, 0.3) is 11.3 Å². The summed E-state index contributed by atoms with van der Waals surface area (Å²) < 4.78 is 18.8. The van der Waals surface area contributed by atoms with Gasteiger partial charge in [0.05, 0.1) is 12.1 Å². The summed E-state index contributed by atoms with van der Waals surface area (Å²) in [5.74, 6) is 0.0471. The number of nitrogens with one attached hydrogen (secondary N) is 1. The molecule has 4 rings (SSSR count). The molecule has 0 unspecified atom stereocenters. The molecular weight excluding hydrogens is 379 g/mol. The molecule has 4 nitrogen and oxygen atoms in total. The normalized spacial score (nSPS) is 11.1. The molecule has 0 fully saturated rings. The van der Waals surface area contributed by atoms with Crippen LogP contribution >= 0.6 is 0 Å². The van der Waals surface area contributed by atoms with Crippen molar-refractivity contribution in [1.82, 2.24) is 5.43 Å². The minimum atomic E-state index is -0.476. The topological polar surface area (TPSA) is 54.6 Å². The zero-order valence-electron chi connectivity index (χ0n) is 16.0.